The third-order valence-electron chi connectivity index (χ3n) is 1.89. The first kappa shape index (κ1) is 11.3. The molecule has 0 aliphatic carbocycles. The van der Waals surface area contributed by atoms with E-state index in [-0.39, 0.29) is 0 Å². The van der Waals surface area contributed by atoms with E-state index >= 15 is 0 Å². The minimum absolute atomic E-state index is 0.838. The molecule has 0 fully saturated rings. The van der Waals surface area contributed by atoms with Crippen molar-refractivity contribution in [3.05, 3.63) is 36.2 Å². The second-order valence-corrected chi connectivity index (χ2v) is 3.48. The highest BCUT2D eigenvalue weighted by Gasteiger charge is 2.00. The van der Waals surface area contributed by atoms with Crippen LogP contribution >= 0.6 is 0 Å². The van der Waals surface area contributed by atoms with Gasteiger partial charge in [0.1, 0.15) is 5.82 Å². The largest absolute Gasteiger partial charge is 0.373 e. The predicted octanol–water partition coefficient (Wildman–Crippen LogP) is 3.10. The number of rotatable bonds is 4. The van der Waals surface area contributed by atoms with E-state index < -0.39 is 0 Å². The summed E-state index contributed by atoms with van der Waals surface area (Å²) >= 11 is 0. The number of allylic oxidation sites excluding steroid dienone is 1. The van der Waals surface area contributed by atoms with E-state index in [1.165, 1.54) is 5.57 Å². The fourth-order valence-electron chi connectivity index (χ4n) is 1.26. The summed E-state index contributed by atoms with van der Waals surface area (Å²) in [7, 11) is 1.85. The van der Waals surface area contributed by atoms with Crippen molar-refractivity contribution in [3.63, 3.8) is 0 Å². The van der Waals surface area contributed by atoms with E-state index in [4.69, 9.17) is 0 Å². The van der Waals surface area contributed by atoms with Gasteiger partial charge in [-0.3, -0.25) is 0 Å². The normalized spacial score (nSPS) is 9.27. The molecule has 0 unspecified atom stereocenters. The summed E-state index contributed by atoms with van der Waals surface area (Å²) in [5, 5.41) is 6.10. The van der Waals surface area contributed by atoms with E-state index in [2.05, 4.69) is 42.1 Å². The number of hydrogen-bond acceptors (Lipinski definition) is 3. The topological polar surface area (TPSA) is 37.0 Å². The van der Waals surface area contributed by atoms with Crippen LogP contribution in [0.15, 0.2) is 30.6 Å². The zero-order valence-corrected chi connectivity index (χ0v) is 9.46. The quantitative estimate of drug-likeness (QED) is 0.789. The Balaban J connectivity index is 3.14. The molecule has 80 valence electrons. The van der Waals surface area contributed by atoms with Gasteiger partial charge in [0.2, 0.25) is 0 Å². The summed E-state index contributed by atoms with van der Waals surface area (Å²) in [4.78, 5) is 4.26. The molecule has 1 aromatic heterocycles. The summed E-state index contributed by atoms with van der Waals surface area (Å²) in [6.45, 7) is 7.78. The van der Waals surface area contributed by atoms with Gasteiger partial charge in [0.15, 0.2) is 0 Å². The number of nitrogens with one attached hydrogen (secondary N) is 2. The van der Waals surface area contributed by atoms with Gasteiger partial charge in [-0.05, 0) is 20.0 Å². The first-order valence-electron chi connectivity index (χ1n) is 4.87. The van der Waals surface area contributed by atoms with Gasteiger partial charge in [0.05, 0.1) is 5.69 Å². The van der Waals surface area contributed by atoms with Gasteiger partial charge in [-0.15, -0.1) is 0 Å². The van der Waals surface area contributed by atoms with Crippen molar-refractivity contribution in [2.45, 2.75) is 13.8 Å². The lowest BCUT2D eigenvalue weighted by Crippen LogP contribution is -1.97. The summed E-state index contributed by atoms with van der Waals surface area (Å²) in [6, 6.07) is 1.95. The molecule has 0 atom stereocenters. The van der Waals surface area contributed by atoms with Crippen LogP contribution in [-0.2, 0) is 0 Å². The molecular weight excluding hydrogens is 186 g/mol. The molecule has 1 rings (SSSR count). The highest BCUT2D eigenvalue weighted by molar-refractivity contribution is 5.70. The zero-order valence-electron chi connectivity index (χ0n) is 9.46. The molecule has 15 heavy (non-hydrogen) atoms. The van der Waals surface area contributed by atoms with Crippen molar-refractivity contribution in [1.29, 1.82) is 0 Å². The second-order valence-electron chi connectivity index (χ2n) is 3.48. The Morgan fingerprint density at radius 1 is 1.47 bits per heavy atom. The minimum Gasteiger partial charge on any atom is -0.373 e. The maximum atomic E-state index is 4.26. The van der Waals surface area contributed by atoms with Crippen LogP contribution in [0.5, 0.6) is 0 Å². The fraction of sp³-hybridized carbons (Fsp3) is 0.250. The van der Waals surface area contributed by atoms with Crippen LogP contribution in [0.25, 0.3) is 6.08 Å². The molecule has 0 saturated carbocycles. The first-order chi connectivity index (χ1) is 7.17. The van der Waals surface area contributed by atoms with Crippen molar-refractivity contribution in [1.82, 2.24) is 4.98 Å². The summed E-state index contributed by atoms with van der Waals surface area (Å²) < 4.78 is 0. The predicted molar refractivity (Wildman–Crippen MR) is 66.9 cm³/mol. The molecule has 2 N–H and O–H groups in total. The van der Waals surface area contributed by atoms with Crippen LogP contribution in [0.3, 0.4) is 0 Å². The SMILES string of the molecule is C=CNc1cc(NC)ncc1C=C(C)C. The van der Waals surface area contributed by atoms with Crippen LogP contribution in [0.4, 0.5) is 11.5 Å². The van der Waals surface area contributed by atoms with Gasteiger partial charge in [-0.25, -0.2) is 4.98 Å². The molecule has 3 heteroatoms. The van der Waals surface area contributed by atoms with E-state index in [0.717, 1.165) is 17.1 Å². The molecule has 1 heterocycles. The summed E-state index contributed by atoms with van der Waals surface area (Å²) in [5.74, 6) is 0.838. The van der Waals surface area contributed by atoms with Gasteiger partial charge in [0.25, 0.3) is 0 Å². The average molecular weight is 203 g/mol. The Kier molecular flexibility index (Phi) is 3.92. The van der Waals surface area contributed by atoms with Crippen molar-refractivity contribution in [2.24, 2.45) is 0 Å². The van der Waals surface area contributed by atoms with E-state index in [9.17, 15) is 0 Å². The lowest BCUT2D eigenvalue weighted by atomic mass is 10.1. The van der Waals surface area contributed by atoms with E-state index in [1.54, 1.807) is 6.20 Å². The van der Waals surface area contributed by atoms with Crippen LogP contribution < -0.4 is 10.6 Å². The average Bonchev–Trinajstić information content (AvgIpc) is 2.20. The molecule has 0 aliphatic heterocycles. The summed E-state index contributed by atoms with van der Waals surface area (Å²) in [5.41, 5.74) is 3.31. The zero-order chi connectivity index (χ0) is 11.3. The number of hydrogen-bond donors (Lipinski definition) is 2. The fourth-order valence-corrected chi connectivity index (χ4v) is 1.26. The molecular formula is C12H17N3. The molecule has 3 nitrogen and oxygen atoms in total. The Labute approximate surface area is 90.9 Å². The van der Waals surface area contributed by atoms with Crippen LogP contribution in [0.1, 0.15) is 19.4 Å². The number of pyridine rings is 1. The van der Waals surface area contributed by atoms with Crippen molar-refractivity contribution in [3.8, 4) is 0 Å². The third-order valence-corrected chi connectivity index (χ3v) is 1.89. The highest BCUT2D eigenvalue weighted by atomic mass is 15.0. The first-order valence-corrected chi connectivity index (χ1v) is 4.87. The maximum absolute atomic E-state index is 4.26. The van der Waals surface area contributed by atoms with Gasteiger partial charge < -0.3 is 10.6 Å². The molecule has 0 spiro atoms. The molecule has 0 radical (unpaired) electrons. The van der Waals surface area contributed by atoms with E-state index in [0.29, 0.717) is 0 Å². The van der Waals surface area contributed by atoms with Crippen molar-refractivity contribution >= 4 is 17.6 Å². The number of nitrogens with zero attached hydrogens (tertiary/aromatic N) is 1. The van der Waals surface area contributed by atoms with Gasteiger partial charge in [-0.1, -0.05) is 18.2 Å². The molecule has 0 bridgehead atoms. The van der Waals surface area contributed by atoms with Crippen LogP contribution in [0.2, 0.25) is 0 Å². The maximum Gasteiger partial charge on any atom is 0.127 e. The Morgan fingerprint density at radius 2 is 2.20 bits per heavy atom. The molecule has 0 saturated heterocycles. The molecule has 0 aliphatic rings. The summed E-state index contributed by atoms with van der Waals surface area (Å²) in [6.07, 6.45) is 5.58. The van der Waals surface area contributed by atoms with Crippen LogP contribution in [0, 0.1) is 0 Å². The third kappa shape index (κ3) is 3.13. The smallest absolute Gasteiger partial charge is 0.127 e. The van der Waals surface area contributed by atoms with Crippen molar-refractivity contribution in [2.75, 3.05) is 17.7 Å². The number of anilines is 2. The number of aromatic nitrogens is 1. The van der Waals surface area contributed by atoms with Gasteiger partial charge in [-0.2, -0.15) is 0 Å². The van der Waals surface area contributed by atoms with Gasteiger partial charge >= 0.3 is 0 Å². The molecule has 0 amide bonds. The second kappa shape index (κ2) is 5.20. The van der Waals surface area contributed by atoms with Gasteiger partial charge in [0, 0.05) is 24.9 Å². The minimum atomic E-state index is 0.838. The Hall–Kier alpha value is -1.77. The Morgan fingerprint density at radius 3 is 2.73 bits per heavy atom. The lowest BCUT2D eigenvalue weighted by molar-refractivity contribution is 1.27. The van der Waals surface area contributed by atoms with Crippen molar-refractivity contribution < 1.29 is 0 Å². The van der Waals surface area contributed by atoms with Crippen LogP contribution in [-0.4, -0.2) is 12.0 Å². The standard InChI is InChI=1S/C12H17N3/c1-5-14-11-7-12(13-4)15-8-10(11)6-9(2)3/h5-8H,1H2,2-4H3,(H2,13,14,15). The molecule has 0 aromatic carbocycles. The highest BCUT2D eigenvalue weighted by Crippen LogP contribution is 2.20. The van der Waals surface area contributed by atoms with E-state index in [1.807, 2.05) is 19.3 Å². The molecule has 1 aromatic rings. The Bertz CT molecular complexity index is 376. The monoisotopic (exact) mass is 203 g/mol. The lowest BCUT2D eigenvalue weighted by Gasteiger charge is -2.08.